The molecule has 0 aliphatic heterocycles. The van der Waals surface area contributed by atoms with E-state index in [4.69, 9.17) is 4.74 Å². The van der Waals surface area contributed by atoms with Gasteiger partial charge in [0, 0.05) is 12.8 Å². The Balaban J connectivity index is 3.58. The third-order valence-electron chi connectivity index (χ3n) is 10.0. The first-order valence-electron chi connectivity index (χ1n) is 22.9. The van der Waals surface area contributed by atoms with Crippen molar-refractivity contribution in [2.75, 3.05) is 13.2 Å². The van der Waals surface area contributed by atoms with E-state index >= 15 is 0 Å². The molecule has 0 heterocycles. The van der Waals surface area contributed by atoms with Crippen molar-refractivity contribution < 1.29 is 24.5 Å². The Morgan fingerprint density at radius 2 is 0.963 bits per heavy atom. The fourth-order valence-electron chi connectivity index (χ4n) is 6.49. The van der Waals surface area contributed by atoms with Crippen molar-refractivity contribution in [3.63, 3.8) is 0 Å². The summed E-state index contributed by atoms with van der Waals surface area (Å²) in [6.45, 7) is 4.74. The highest BCUT2D eigenvalue weighted by Gasteiger charge is 2.18. The molecule has 2 atom stereocenters. The van der Waals surface area contributed by atoms with E-state index in [-0.39, 0.29) is 18.5 Å². The summed E-state index contributed by atoms with van der Waals surface area (Å²) in [6.07, 6.45) is 52.4. The minimum absolute atomic E-state index is 0.0412. The first-order valence-corrected chi connectivity index (χ1v) is 22.9. The number of carbonyl (C=O) groups excluding carboxylic acids is 2. The van der Waals surface area contributed by atoms with Gasteiger partial charge < -0.3 is 20.3 Å². The van der Waals surface area contributed by atoms with Crippen LogP contribution in [0.5, 0.6) is 0 Å². The van der Waals surface area contributed by atoms with Crippen molar-refractivity contribution in [2.45, 2.75) is 231 Å². The van der Waals surface area contributed by atoms with Gasteiger partial charge in [-0.2, -0.15) is 0 Å². The lowest BCUT2D eigenvalue weighted by molar-refractivity contribution is -0.143. The fourth-order valence-corrected chi connectivity index (χ4v) is 6.49. The number of esters is 1. The smallest absolute Gasteiger partial charge is 0.305 e. The number of aliphatic hydroxyl groups excluding tert-OH is 2. The lowest BCUT2D eigenvalue weighted by Crippen LogP contribution is -2.45. The van der Waals surface area contributed by atoms with Crippen molar-refractivity contribution in [1.29, 1.82) is 0 Å². The summed E-state index contributed by atoms with van der Waals surface area (Å²) in [6, 6.07) is -0.646. The highest BCUT2D eigenvalue weighted by molar-refractivity contribution is 5.76. The second-order valence-electron chi connectivity index (χ2n) is 15.4. The number of nitrogens with one attached hydrogen (secondary N) is 1. The molecule has 54 heavy (non-hydrogen) atoms. The summed E-state index contributed by atoms with van der Waals surface area (Å²) in [5.41, 5.74) is 0. The Kier molecular flexibility index (Phi) is 41.8. The average Bonchev–Trinajstić information content (AvgIpc) is 3.17. The van der Waals surface area contributed by atoms with E-state index in [1.165, 1.54) is 89.9 Å². The number of aliphatic hydroxyl groups is 2. The van der Waals surface area contributed by atoms with Gasteiger partial charge in [-0.15, -0.1) is 0 Å². The first-order chi connectivity index (χ1) is 26.5. The molecule has 0 aromatic carbocycles. The van der Waals surface area contributed by atoms with Crippen LogP contribution in [0.1, 0.15) is 219 Å². The predicted octanol–water partition coefficient (Wildman–Crippen LogP) is 13.1. The minimum Gasteiger partial charge on any atom is -0.466 e. The zero-order chi connectivity index (χ0) is 39.4. The molecule has 6 nitrogen and oxygen atoms in total. The van der Waals surface area contributed by atoms with Gasteiger partial charge in [-0.25, -0.2) is 0 Å². The molecule has 0 radical (unpaired) electrons. The van der Waals surface area contributed by atoms with E-state index in [1.807, 2.05) is 6.08 Å². The monoisotopic (exact) mass is 758 g/mol. The topological polar surface area (TPSA) is 95.9 Å². The third kappa shape index (κ3) is 39.5. The summed E-state index contributed by atoms with van der Waals surface area (Å²) in [5, 5.41) is 22.9. The lowest BCUT2D eigenvalue weighted by Gasteiger charge is -2.20. The number of hydrogen-bond acceptors (Lipinski definition) is 5. The summed E-state index contributed by atoms with van der Waals surface area (Å²) in [4.78, 5) is 24.3. The van der Waals surface area contributed by atoms with Gasteiger partial charge in [0.2, 0.25) is 5.91 Å². The van der Waals surface area contributed by atoms with E-state index in [2.05, 4.69) is 55.6 Å². The highest BCUT2D eigenvalue weighted by atomic mass is 16.5. The highest BCUT2D eigenvalue weighted by Crippen LogP contribution is 2.13. The molecule has 0 aromatic rings. The zero-order valence-corrected chi connectivity index (χ0v) is 35.4. The van der Waals surface area contributed by atoms with Gasteiger partial charge in [-0.3, -0.25) is 9.59 Å². The van der Waals surface area contributed by atoms with Gasteiger partial charge in [-0.1, -0.05) is 165 Å². The molecule has 0 aliphatic rings. The minimum atomic E-state index is -0.860. The molecule has 0 saturated carbocycles. The van der Waals surface area contributed by atoms with Crippen LogP contribution in [0.4, 0.5) is 0 Å². The van der Waals surface area contributed by atoms with E-state index in [1.54, 1.807) is 6.08 Å². The summed E-state index contributed by atoms with van der Waals surface area (Å²) < 4.78 is 5.42. The van der Waals surface area contributed by atoms with Crippen LogP contribution in [0.15, 0.2) is 48.6 Å². The number of rotatable bonds is 41. The van der Waals surface area contributed by atoms with Crippen LogP contribution in [-0.4, -0.2) is 47.4 Å². The van der Waals surface area contributed by atoms with E-state index in [0.717, 1.165) is 103 Å². The number of unbranched alkanes of at least 4 members (excludes halogenated alkanes) is 24. The van der Waals surface area contributed by atoms with Gasteiger partial charge in [0.25, 0.3) is 0 Å². The molecule has 3 N–H and O–H groups in total. The second kappa shape index (κ2) is 43.5. The molecular weight excluding hydrogens is 671 g/mol. The molecule has 6 heteroatoms. The molecule has 0 saturated heterocycles. The van der Waals surface area contributed by atoms with Gasteiger partial charge in [0.15, 0.2) is 0 Å². The molecule has 0 spiro atoms. The Morgan fingerprint density at radius 3 is 1.50 bits per heavy atom. The molecular formula is C48H87NO5. The van der Waals surface area contributed by atoms with E-state index in [9.17, 15) is 19.8 Å². The van der Waals surface area contributed by atoms with Crippen molar-refractivity contribution in [1.82, 2.24) is 5.32 Å². The second-order valence-corrected chi connectivity index (χ2v) is 15.4. The Labute approximate surface area is 334 Å². The number of amides is 1. The standard InChI is InChI=1S/C48H87NO5/c1-3-5-7-9-11-13-15-17-22-26-30-34-38-42-48(53)54-43-39-35-31-27-23-19-18-21-25-29-33-37-41-47(52)49-45(44-50)46(51)40-36-32-28-24-20-16-14-12-10-8-6-4-2/h7,9,13,15,19,23,36,40,45-46,50-51H,3-6,8,10-12,14,16-18,20-22,24-35,37-39,41-44H2,1-2H3,(H,49,52)/b9-7-,15-13-,23-19-,40-36+. The number of carbonyl (C=O) groups is 2. The fraction of sp³-hybridized carbons (Fsp3) is 0.792. The molecule has 1 amide bonds. The van der Waals surface area contributed by atoms with Crippen LogP contribution in [0.2, 0.25) is 0 Å². The molecule has 0 aliphatic carbocycles. The van der Waals surface area contributed by atoms with Crippen molar-refractivity contribution in [2.24, 2.45) is 0 Å². The van der Waals surface area contributed by atoms with Crippen molar-refractivity contribution in [3.05, 3.63) is 48.6 Å². The van der Waals surface area contributed by atoms with Crippen LogP contribution in [0.25, 0.3) is 0 Å². The maximum absolute atomic E-state index is 12.4. The summed E-state index contributed by atoms with van der Waals surface area (Å²) in [7, 11) is 0. The zero-order valence-electron chi connectivity index (χ0n) is 35.4. The van der Waals surface area contributed by atoms with Crippen molar-refractivity contribution in [3.8, 4) is 0 Å². The number of allylic oxidation sites excluding steroid dienone is 7. The maximum atomic E-state index is 12.4. The van der Waals surface area contributed by atoms with E-state index < -0.39 is 12.1 Å². The van der Waals surface area contributed by atoms with Crippen molar-refractivity contribution >= 4 is 11.9 Å². The van der Waals surface area contributed by atoms with Gasteiger partial charge >= 0.3 is 5.97 Å². The normalized spacial score (nSPS) is 13.2. The third-order valence-corrected chi connectivity index (χ3v) is 10.0. The maximum Gasteiger partial charge on any atom is 0.305 e. The molecule has 0 fully saturated rings. The summed E-state index contributed by atoms with van der Waals surface area (Å²) in [5.74, 6) is -0.139. The first kappa shape index (κ1) is 51.8. The van der Waals surface area contributed by atoms with Crippen LogP contribution < -0.4 is 5.32 Å². The average molecular weight is 758 g/mol. The number of ether oxygens (including phenoxy) is 1. The Hall–Kier alpha value is -2.18. The largest absolute Gasteiger partial charge is 0.466 e. The summed E-state index contributed by atoms with van der Waals surface area (Å²) >= 11 is 0. The van der Waals surface area contributed by atoms with E-state index in [0.29, 0.717) is 19.4 Å². The SMILES string of the molecule is CCC/C=C\C/C=C\CCCCCCCC(=O)OCCCCC/C=C\CCCCCCCC(=O)NC(CO)C(O)/C=C/CCCCCCCCCCCC. The van der Waals surface area contributed by atoms with Gasteiger partial charge in [0.05, 0.1) is 25.4 Å². The van der Waals surface area contributed by atoms with Crippen LogP contribution in [0, 0.1) is 0 Å². The molecule has 0 bridgehead atoms. The molecule has 0 aromatic heterocycles. The predicted molar refractivity (Wildman–Crippen MR) is 232 cm³/mol. The quantitative estimate of drug-likeness (QED) is 0.0328. The molecule has 0 rings (SSSR count). The van der Waals surface area contributed by atoms with Gasteiger partial charge in [0.1, 0.15) is 0 Å². The van der Waals surface area contributed by atoms with Crippen LogP contribution in [0.3, 0.4) is 0 Å². The Bertz CT molecular complexity index is 926. The Morgan fingerprint density at radius 1 is 0.519 bits per heavy atom. The number of hydrogen-bond donors (Lipinski definition) is 3. The lowest BCUT2D eigenvalue weighted by atomic mass is 10.1. The van der Waals surface area contributed by atoms with Gasteiger partial charge in [-0.05, 0) is 89.9 Å². The van der Waals surface area contributed by atoms with Crippen LogP contribution in [-0.2, 0) is 14.3 Å². The van der Waals surface area contributed by atoms with Crippen LogP contribution >= 0.6 is 0 Å². The molecule has 314 valence electrons. The molecule has 2 unspecified atom stereocenters.